The van der Waals surface area contributed by atoms with Crippen LogP contribution in [0.2, 0.25) is 0 Å². The summed E-state index contributed by atoms with van der Waals surface area (Å²) >= 11 is 0. The molecule has 0 amide bonds. The van der Waals surface area contributed by atoms with Gasteiger partial charge in [-0.2, -0.15) is 0 Å². The van der Waals surface area contributed by atoms with Crippen molar-refractivity contribution in [2.75, 3.05) is 26.9 Å². The van der Waals surface area contributed by atoms with Gasteiger partial charge in [-0.05, 0) is 37.5 Å². The highest BCUT2D eigenvalue weighted by Gasteiger charge is 1.97. The minimum Gasteiger partial charge on any atom is -0.494 e. The van der Waals surface area contributed by atoms with Crippen LogP contribution in [0, 0.1) is 0 Å². The fourth-order valence-corrected chi connectivity index (χ4v) is 1.96. The molecule has 4 nitrogen and oxygen atoms in total. The zero-order valence-electron chi connectivity index (χ0n) is 15.5. The van der Waals surface area contributed by atoms with E-state index in [0.717, 1.165) is 56.8 Å². The van der Waals surface area contributed by atoms with Gasteiger partial charge in [-0.1, -0.05) is 50.2 Å². The lowest BCUT2D eigenvalue weighted by atomic mass is 10.1. The van der Waals surface area contributed by atoms with Gasteiger partial charge in [0.05, 0.1) is 12.3 Å². The lowest BCUT2D eigenvalue weighted by Crippen LogP contribution is -2.04. The first kappa shape index (κ1) is 22.2. The highest BCUT2D eigenvalue weighted by Crippen LogP contribution is 2.08. The number of allylic oxidation sites excluding steroid dienone is 1. The van der Waals surface area contributed by atoms with E-state index in [2.05, 4.69) is 11.7 Å². The number of benzene rings is 1. The zero-order chi connectivity index (χ0) is 17.9. The van der Waals surface area contributed by atoms with Crippen molar-refractivity contribution >= 4 is 5.71 Å². The van der Waals surface area contributed by atoms with E-state index in [4.69, 9.17) is 14.3 Å². The van der Waals surface area contributed by atoms with Crippen LogP contribution in [0.15, 0.2) is 48.1 Å². The Morgan fingerprint density at radius 1 is 1.00 bits per heavy atom. The molecule has 0 heterocycles. The average Bonchev–Trinajstić information content (AvgIpc) is 2.64. The summed E-state index contributed by atoms with van der Waals surface area (Å²) in [7, 11) is 1.55. The van der Waals surface area contributed by atoms with Crippen LogP contribution in [-0.2, 0) is 9.57 Å². The van der Waals surface area contributed by atoms with E-state index in [9.17, 15) is 0 Å². The van der Waals surface area contributed by atoms with Gasteiger partial charge in [-0.3, -0.25) is 0 Å². The summed E-state index contributed by atoms with van der Waals surface area (Å²) < 4.78 is 11.2. The number of nitrogens with zero attached hydrogens (tertiary/aromatic N) is 1. The second kappa shape index (κ2) is 17.5. The van der Waals surface area contributed by atoms with Crippen molar-refractivity contribution in [2.24, 2.45) is 5.16 Å². The molecule has 0 unspecified atom stereocenters. The van der Waals surface area contributed by atoms with E-state index in [-0.39, 0.29) is 0 Å². The molecular weight excluding hydrogens is 302 g/mol. The maximum Gasteiger partial charge on any atom is 0.119 e. The van der Waals surface area contributed by atoms with Crippen molar-refractivity contribution in [3.8, 4) is 5.75 Å². The Morgan fingerprint density at radius 2 is 1.71 bits per heavy atom. The number of oxime groups is 1. The van der Waals surface area contributed by atoms with Gasteiger partial charge in [0, 0.05) is 19.6 Å². The summed E-state index contributed by atoms with van der Waals surface area (Å²) in [5, 5.41) is 3.89. The van der Waals surface area contributed by atoms with Crippen molar-refractivity contribution in [3.63, 3.8) is 0 Å². The SMILES string of the molecule is C=C/C(CCCCCOCCCOc1ccccc1)=N\OC.CC. The second-order valence-corrected chi connectivity index (χ2v) is 4.91. The first-order valence-electron chi connectivity index (χ1n) is 8.85. The number of unbranched alkanes of at least 4 members (excludes halogenated alkanes) is 2. The molecular formula is C20H33NO3. The first-order chi connectivity index (χ1) is 11.9. The highest BCUT2D eigenvalue weighted by molar-refractivity contribution is 5.93. The predicted octanol–water partition coefficient (Wildman–Crippen LogP) is 5.25. The quantitative estimate of drug-likeness (QED) is 0.281. The predicted molar refractivity (Wildman–Crippen MR) is 102 cm³/mol. The van der Waals surface area contributed by atoms with Crippen LogP contribution in [0.1, 0.15) is 46.0 Å². The summed E-state index contributed by atoms with van der Waals surface area (Å²) in [6.07, 6.45) is 6.83. The molecule has 0 aliphatic carbocycles. The topological polar surface area (TPSA) is 40.0 Å². The van der Waals surface area contributed by atoms with Crippen LogP contribution in [0.5, 0.6) is 5.75 Å². The molecule has 24 heavy (non-hydrogen) atoms. The minimum absolute atomic E-state index is 0.695. The number of hydrogen-bond donors (Lipinski definition) is 0. The Balaban J connectivity index is 0.00000254. The van der Waals surface area contributed by atoms with E-state index < -0.39 is 0 Å². The Bertz CT molecular complexity index is 418. The van der Waals surface area contributed by atoms with Crippen LogP contribution >= 0.6 is 0 Å². The Kier molecular flexibility index (Phi) is 16.2. The molecule has 0 saturated heterocycles. The van der Waals surface area contributed by atoms with Gasteiger partial charge in [0.2, 0.25) is 0 Å². The third-order valence-electron chi connectivity index (χ3n) is 3.11. The lowest BCUT2D eigenvalue weighted by molar-refractivity contribution is 0.116. The van der Waals surface area contributed by atoms with E-state index in [1.165, 1.54) is 0 Å². The van der Waals surface area contributed by atoms with Gasteiger partial charge in [-0.25, -0.2) is 0 Å². The van der Waals surface area contributed by atoms with Crippen molar-refractivity contribution < 1.29 is 14.3 Å². The van der Waals surface area contributed by atoms with Crippen LogP contribution in [0.3, 0.4) is 0 Å². The molecule has 0 radical (unpaired) electrons. The molecule has 0 spiro atoms. The molecule has 1 rings (SSSR count). The summed E-state index contributed by atoms with van der Waals surface area (Å²) in [4.78, 5) is 4.74. The van der Waals surface area contributed by atoms with Gasteiger partial charge >= 0.3 is 0 Å². The molecule has 0 bridgehead atoms. The fourth-order valence-electron chi connectivity index (χ4n) is 1.96. The molecule has 0 atom stereocenters. The molecule has 0 aliphatic rings. The van der Waals surface area contributed by atoms with E-state index in [0.29, 0.717) is 6.61 Å². The average molecular weight is 335 g/mol. The van der Waals surface area contributed by atoms with Gasteiger partial charge < -0.3 is 14.3 Å². The summed E-state index contributed by atoms with van der Waals surface area (Å²) in [5.41, 5.74) is 0.904. The number of hydrogen-bond acceptors (Lipinski definition) is 4. The standard InChI is InChI=1S/C18H27NO3.C2H6/c1-3-17(19-20-2)11-6-5-9-14-21-15-10-16-22-18-12-7-4-8-13-18;1-2/h3-4,7-8,12-13H,1,5-6,9-11,14-16H2,2H3;1-2H3/b19-17+;. The first-order valence-corrected chi connectivity index (χ1v) is 8.85. The third kappa shape index (κ3) is 12.7. The number of rotatable bonds is 13. The van der Waals surface area contributed by atoms with Crippen LogP contribution in [0.25, 0.3) is 0 Å². The second-order valence-electron chi connectivity index (χ2n) is 4.91. The largest absolute Gasteiger partial charge is 0.494 e. The third-order valence-corrected chi connectivity index (χ3v) is 3.11. The smallest absolute Gasteiger partial charge is 0.119 e. The van der Waals surface area contributed by atoms with Crippen molar-refractivity contribution in [2.45, 2.75) is 46.0 Å². The molecule has 4 heteroatoms. The fraction of sp³-hybridized carbons (Fsp3) is 0.550. The number of ether oxygens (including phenoxy) is 2. The lowest BCUT2D eigenvalue weighted by Gasteiger charge is -2.07. The maximum atomic E-state index is 5.60. The summed E-state index contributed by atoms with van der Waals surface area (Å²) in [6.45, 7) is 9.95. The molecule has 0 saturated carbocycles. The minimum atomic E-state index is 0.695. The molecule has 136 valence electrons. The monoisotopic (exact) mass is 335 g/mol. The zero-order valence-corrected chi connectivity index (χ0v) is 15.5. The van der Waals surface area contributed by atoms with Crippen molar-refractivity contribution in [1.82, 2.24) is 0 Å². The van der Waals surface area contributed by atoms with Gasteiger partial charge in [0.15, 0.2) is 0 Å². The summed E-state index contributed by atoms with van der Waals surface area (Å²) in [5.74, 6) is 0.915. The van der Waals surface area contributed by atoms with Crippen LogP contribution in [0.4, 0.5) is 0 Å². The van der Waals surface area contributed by atoms with Gasteiger partial charge in [0.25, 0.3) is 0 Å². The van der Waals surface area contributed by atoms with Gasteiger partial charge in [0.1, 0.15) is 12.9 Å². The molecule has 0 fully saturated rings. The summed E-state index contributed by atoms with van der Waals surface area (Å²) in [6, 6.07) is 9.85. The van der Waals surface area contributed by atoms with Crippen LogP contribution in [-0.4, -0.2) is 32.6 Å². The number of para-hydroxylation sites is 1. The van der Waals surface area contributed by atoms with Crippen molar-refractivity contribution in [1.29, 1.82) is 0 Å². The van der Waals surface area contributed by atoms with E-state index >= 15 is 0 Å². The Labute approximate surface area is 147 Å². The van der Waals surface area contributed by atoms with E-state index in [1.807, 2.05) is 44.2 Å². The molecule has 1 aromatic rings. The molecule has 0 N–H and O–H groups in total. The molecule has 0 aromatic heterocycles. The van der Waals surface area contributed by atoms with Gasteiger partial charge in [-0.15, -0.1) is 0 Å². The normalized spacial score (nSPS) is 10.5. The Hall–Kier alpha value is -1.81. The van der Waals surface area contributed by atoms with Crippen molar-refractivity contribution in [3.05, 3.63) is 43.0 Å². The highest BCUT2D eigenvalue weighted by atomic mass is 16.6. The van der Waals surface area contributed by atoms with E-state index in [1.54, 1.807) is 13.2 Å². The Morgan fingerprint density at radius 3 is 2.38 bits per heavy atom. The molecule has 0 aliphatic heterocycles. The maximum absolute atomic E-state index is 5.60. The van der Waals surface area contributed by atoms with Crippen LogP contribution < -0.4 is 4.74 Å². The molecule has 1 aromatic carbocycles.